The summed E-state index contributed by atoms with van der Waals surface area (Å²) in [5, 5.41) is 8.59. The van der Waals surface area contributed by atoms with Crippen molar-refractivity contribution in [2.75, 3.05) is 13.1 Å². The first-order chi connectivity index (χ1) is 8.58. The van der Waals surface area contributed by atoms with E-state index >= 15 is 0 Å². The normalized spacial score (nSPS) is 10.1. The van der Waals surface area contributed by atoms with Crippen molar-refractivity contribution in [1.82, 2.24) is 4.90 Å². The number of aryl methyl sites for hydroxylation is 1. The molecule has 4 nitrogen and oxygen atoms in total. The van der Waals surface area contributed by atoms with E-state index in [0.29, 0.717) is 25.1 Å². The molecule has 0 radical (unpaired) electrons. The number of rotatable bonds is 6. The molecule has 0 unspecified atom stereocenters. The molecule has 1 aromatic rings. The van der Waals surface area contributed by atoms with Crippen molar-refractivity contribution in [3.05, 3.63) is 35.4 Å². The van der Waals surface area contributed by atoms with Crippen LogP contribution in [0.4, 0.5) is 0 Å². The minimum absolute atomic E-state index is 0.0183. The average molecular weight is 249 g/mol. The second-order valence-corrected chi connectivity index (χ2v) is 4.07. The fourth-order valence-electron chi connectivity index (χ4n) is 1.76. The highest BCUT2D eigenvalue weighted by Gasteiger charge is 2.11. The summed E-state index contributed by atoms with van der Waals surface area (Å²) in [5.41, 5.74) is 1.59. The van der Waals surface area contributed by atoms with E-state index in [9.17, 15) is 9.59 Å². The number of benzene rings is 1. The standard InChI is InChI=1S/C14H19NO3/c1-3-15(4-2)14(18)12-8-5-11(6-9-12)7-10-13(16)17/h5-6,8-9H,3-4,7,10H2,1-2H3,(H,16,17). The fraction of sp³-hybridized carbons (Fsp3) is 0.429. The average Bonchev–Trinajstić information content (AvgIpc) is 2.38. The Balaban J connectivity index is 2.70. The Labute approximate surface area is 107 Å². The number of hydrogen-bond donors (Lipinski definition) is 1. The van der Waals surface area contributed by atoms with Gasteiger partial charge in [0.05, 0.1) is 0 Å². The minimum Gasteiger partial charge on any atom is -0.481 e. The van der Waals surface area contributed by atoms with Crippen molar-refractivity contribution in [2.24, 2.45) is 0 Å². The summed E-state index contributed by atoms with van der Waals surface area (Å²) in [6.45, 7) is 5.28. The number of carboxylic acids is 1. The molecule has 18 heavy (non-hydrogen) atoms. The maximum Gasteiger partial charge on any atom is 0.303 e. The number of aliphatic carboxylic acids is 1. The van der Waals surface area contributed by atoms with Gasteiger partial charge in [-0.15, -0.1) is 0 Å². The number of carboxylic acid groups (broad SMARTS) is 1. The van der Waals surface area contributed by atoms with Gasteiger partial charge in [0.2, 0.25) is 0 Å². The zero-order chi connectivity index (χ0) is 13.5. The summed E-state index contributed by atoms with van der Waals surface area (Å²) in [5.74, 6) is -0.789. The number of nitrogens with zero attached hydrogens (tertiary/aromatic N) is 1. The number of amides is 1. The van der Waals surface area contributed by atoms with Gasteiger partial charge in [0.25, 0.3) is 5.91 Å². The summed E-state index contributed by atoms with van der Waals surface area (Å²) in [6, 6.07) is 7.16. The summed E-state index contributed by atoms with van der Waals surface area (Å²) in [7, 11) is 0. The fourth-order valence-corrected chi connectivity index (χ4v) is 1.76. The van der Waals surface area contributed by atoms with E-state index < -0.39 is 5.97 Å². The van der Waals surface area contributed by atoms with Crippen molar-refractivity contribution in [1.29, 1.82) is 0 Å². The van der Waals surface area contributed by atoms with Crippen LogP contribution in [0.5, 0.6) is 0 Å². The van der Waals surface area contributed by atoms with Crippen LogP contribution < -0.4 is 0 Å². The molecule has 0 aliphatic heterocycles. The van der Waals surface area contributed by atoms with Crippen LogP contribution in [0.15, 0.2) is 24.3 Å². The van der Waals surface area contributed by atoms with Crippen LogP contribution in [-0.4, -0.2) is 35.0 Å². The monoisotopic (exact) mass is 249 g/mol. The van der Waals surface area contributed by atoms with Gasteiger partial charge in [-0.1, -0.05) is 12.1 Å². The molecule has 0 saturated heterocycles. The molecule has 0 heterocycles. The van der Waals surface area contributed by atoms with Crippen molar-refractivity contribution < 1.29 is 14.7 Å². The molecule has 0 bridgehead atoms. The quantitative estimate of drug-likeness (QED) is 0.840. The predicted molar refractivity (Wildman–Crippen MR) is 69.7 cm³/mol. The van der Waals surface area contributed by atoms with E-state index in [0.717, 1.165) is 5.56 Å². The van der Waals surface area contributed by atoms with Crippen molar-refractivity contribution in [3.8, 4) is 0 Å². The SMILES string of the molecule is CCN(CC)C(=O)c1ccc(CCC(=O)O)cc1. The Morgan fingerprint density at radius 3 is 2.11 bits per heavy atom. The van der Waals surface area contributed by atoms with Gasteiger partial charge in [0.15, 0.2) is 0 Å². The lowest BCUT2D eigenvalue weighted by Crippen LogP contribution is -2.30. The van der Waals surface area contributed by atoms with Crippen molar-refractivity contribution in [2.45, 2.75) is 26.7 Å². The third kappa shape index (κ3) is 3.87. The maximum atomic E-state index is 12.0. The molecule has 0 aliphatic rings. The molecule has 0 fully saturated rings. The van der Waals surface area contributed by atoms with Crippen LogP contribution in [0.3, 0.4) is 0 Å². The summed E-state index contributed by atoms with van der Waals surface area (Å²) in [4.78, 5) is 24.2. The van der Waals surface area contributed by atoms with Crippen LogP contribution >= 0.6 is 0 Å². The predicted octanol–water partition coefficient (Wildman–Crippen LogP) is 2.19. The number of carbonyl (C=O) groups is 2. The maximum absolute atomic E-state index is 12.0. The summed E-state index contributed by atoms with van der Waals surface area (Å²) >= 11 is 0. The molecule has 1 amide bonds. The molecule has 98 valence electrons. The van der Waals surface area contributed by atoms with E-state index in [4.69, 9.17) is 5.11 Å². The minimum atomic E-state index is -0.807. The van der Waals surface area contributed by atoms with Gasteiger partial charge >= 0.3 is 5.97 Å². The second-order valence-electron chi connectivity index (χ2n) is 4.07. The van der Waals surface area contributed by atoms with E-state index in [1.807, 2.05) is 26.0 Å². The van der Waals surface area contributed by atoms with E-state index in [1.165, 1.54) is 0 Å². The van der Waals surface area contributed by atoms with E-state index in [1.54, 1.807) is 17.0 Å². The first kappa shape index (κ1) is 14.2. The molecule has 0 spiro atoms. The van der Waals surface area contributed by atoms with Gasteiger partial charge in [-0.2, -0.15) is 0 Å². The van der Waals surface area contributed by atoms with Gasteiger partial charge in [-0.3, -0.25) is 9.59 Å². The van der Waals surface area contributed by atoms with E-state index in [-0.39, 0.29) is 12.3 Å². The van der Waals surface area contributed by atoms with Gasteiger partial charge in [-0.25, -0.2) is 0 Å². The molecule has 4 heteroatoms. The molecule has 1 rings (SSSR count). The molecule has 1 N–H and O–H groups in total. The number of hydrogen-bond acceptors (Lipinski definition) is 2. The van der Waals surface area contributed by atoms with Crippen LogP contribution in [0, 0.1) is 0 Å². The van der Waals surface area contributed by atoms with Crippen molar-refractivity contribution >= 4 is 11.9 Å². The number of carbonyl (C=O) groups excluding carboxylic acids is 1. The molecule has 0 aromatic heterocycles. The highest BCUT2D eigenvalue weighted by atomic mass is 16.4. The second kappa shape index (κ2) is 6.79. The van der Waals surface area contributed by atoms with Crippen LogP contribution in [0.2, 0.25) is 0 Å². The van der Waals surface area contributed by atoms with Gasteiger partial charge < -0.3 is 10.0 Å². The zero-order valence-corrected chi connectivity index (χ0v) is 10.8. The Morgan fingerprint density at radius 2 is 1.67 bits per heavy atom. The van der Waals surface area contributed by atoms with Crippen LogP contribution in [-0.2, 0) is 11.2 Å². The summed E-state index contributed by atoms with van der Waals surface area (Å²) in [6.07, 6.45) is 0.610. The molecular weight excluding hydrogens is 230 g/mol. The van der Waals surface area contributed by atoms with Crippen molar-refractivity contribution in [3.63, 3.8) is 0 Å². The molecule has 0 atom stereocenters. The molecule has 0 saturated carbocycles. The van der Waals surface area contributed by atoms with Gasteiger partial charge in [0.1, 0.15) is 0 Å². The van der Waals surface area contributed by atoms with Crippen LogP contribution in [0.25, 0.3) is 0 Å². The Kier molecular flexibility index (Phi) is 5.36. The van der Waals surface area contributed by atoms with Crippen LogP contribution in [0.1, 0.15) is 36.2 Å². The lowest BCUT2D eigenvalue weighted by Gasteiger charge is -2.18. The Hall–Kier alpha value is -1.84. The first-order valence-corrected chi connectivity index (χ1v) is 6.18. The third-order valence-electron chi connectivity index (χ3n) is 2.88. The first-order valence-electron chi connectivity index (χ1n) is 6.18. The highest BCUT2D eigenvalue weighted by Crippen LogP contribution is 2.09. The topological polar surface area (TPSA) is 57.6 Å². The third-order valence-corrected chi connectivity index (χ3v) is 2.88. The molecule has 0 aliphatic carbocycles. The zero-order valence-electron chi connectivity index (χ0n) is 10.8. The lowest BCUT2D eigenvalue weighted by atomic mass is 10.1. The molecular formula is C14H19NO3. The van der Waals surface area contributed by atoms with Gasteiger partial charge in [0, 0.05) is 25.1 Å². The Bertz CT molecular complexity index is 408. The largest absolute Gasteiger partial charge is 0.481 e. The van der Waals surface area contributed by atoms with Gasteiger partial charge in [-0.05, 0) is 38.0 Å². The lowest BCUT2D eigenvalue weighted by molar-refractivity contribution is -0.136. The summed E-state index contributed by atoms with van der Waals surface area (Å²) < 4.78 is 0. The highest BCUT2D eigenvalue weighted by molar-refractivity contribution is 5.94. The molecule has 1 aromatic carbocycles. The smallest absolute Gasteiger partial charge is 0.303 e. The van der Waals surface area contributed by atoms with E-state index in [2.05, 4.69) is 0 Å². The Morgan fingerprint density at radius 1 is 1.11 bits per heavy atom.